The van der Waals surface area contributed by atoms with Crippen molar-refractivity contribution in [1.82, 2.24) is 0 Å². The highest BCUT2D eigenvalue weighted by molar-refractivity contribution is 6.68. The molecule has 0 spiro atoms. The zero-order valence-corrected chi connectivity index (χ0v) is 9.13. The first kappa shape index (κ1) is 10.3. The maximum absolute atomic E-state index is 11.2. The Morgan fingerprint density at radius 2 is 2.33 bits per heavy atom. The Balaban J connectivity index is 2.51. The fourth-order valence-electron chi connectivity index (χ4n) is 1.70. The summed E-state index contributed by atoms with van der Waals surface area (Å²) in [5, 5.41) is -0.500. The van der Waals surface area contributed by atoms with Crippen LogP contribution < -0.4 is 9.47 Å². The highest BCUT2D eigenvalue weighted by Gasteiger charge is 2.17. The molecule has 0 saturated heterocycles. The maximum Gasteiger partial charge on any atom is 0.256 e. The minimum absolute atomic E-state index is 0.406. The van der Waals surface area contributed by atoms with Gasteiger partial charge in [0.05, 0.1) is 19.3 Å². The molecule has 0 atom stereocenters. The van der Waals surface area contributed by atoms with Gasteiger partial charge in [-0.25, -0.2) is 0 Å². The number of hydrogen-bond acceptors (Lipinski definition) is 3. The van der Waals surface area contributed by atoms with Crippen LogP contribution in [0.2, 0.25) is 0 Å². The molecule has 0 N–H and O–H groups in total. The van der Waals surface area contributed by atoms with E-state index in [9.17, 15) is 4.79 Å². The number of ether oxygens (including phenoxy) is 2. The molecule has 1 aromatic rings. The summed E-state index contributed by atoms with van der Waals surface area (Å²) in [5.41, 5.74) is 1.43. The van der Waals surface area contributed by atoms with Crippen LogP contribution in [0.1, 0.15) is 22.3 Å². The molecule has 1 aromatic carbocycles. The van der Waals surface area contributed by atoms with Crippen molar-refractivity contribution in [3.8, 4) is 11.5 Å². The lowest BCUT2D eigenvalue weighted by Gasteiger charge is -2.19. The van der Waals surface area contributed by atoms with Crippen LogP contribution in [0, 0.1) is 0 Å². The van der Waals surface area contributed by atoms with Gasteiger partial charge in [0.2, 0.25) is 0 Å². The summed E-state index contributed by atoms with van der Waals surface area (Å²) >= 11 is 5.47. The van der Waals surface area contributed by atoms with Gasteiger partial charge in [-0.2, -0.15) is 0 Å². The van der Waals surface area contributed by atoms with Crippen LogP contribution in [0.15, 0.2) is 12.1 Å². The minimum atomic E-state index is -0.500. The predicted octanol–water partition coefficient (Wildman–Crippen LogP) is 2.40. The summed E-state index contributed by atoms with van der Waals surface area (Å²) in [4.78, 5) is 11.2. The van der Waals surface area contributed by atoms with Gasteiger partial charge in [0.25, 0.3) is 5.24 Å². The average Bonchev–Trinajstić information content (AvgIpc) is 2.27. The van der Waals surface area contributed by atoms with E-state index in [1.807, 2.05) is 0 Å². The third-order valence-electron chi connectivity index (χ3n) is 2.44. The molecule has 0 bridgehead atoms. The van der Waals surface area contributed by atoms with Crippen LogP contribution in [-0.2, 0) is 6.42 Å². The zero-order chi connectivity index (χ0) is 10.8. The second kappa shape index (κ2) is 4.11. The molecule has 1 aliphatic rings. The molecule has 15 heavy (non-hydrogen) atoms. The number of carbonyl (C=O) groups excluding carboxylic acids is 1. The van der Waals surface area contributed by atoms with Gasteiger partial charge in [-0.1, -0.05) is 0 Å². The van der Waals surface area contributed by atoms with Gasteiger partial charge < -0.3 is 9.47 Å². The zero-order valence-electron chi connectivity index (χ0n) is 8.38. The lowest BCUT2D eigenvalue weighted by molar-refractivity contribution is 0.107. The van der Waals surface area contributed by atoms with E-state index < -0.39 is 5.24 Å². The van der Waals surface area contributed by atoms with Gasteiger partial charge in [0.1, 0.15) is 11.5 Å². The monoisotopic (exact) mass is 226 g/mol. The van der Waals surface area contributed by atoms with Crippen molar-refractivity contribution in [3.63, 3.8) is 0 Å². The number of methoxy groups -OCH3 is 1. The van der Waals surface area contributed by atoms with Gasteiger partial charge in [0.15, 0.2) is 0 Å². The highest BCUT2D eigenvalue weighted by atomic mass is 35.5. The third kappa shape index (κ3) is 1.92. The molecule has 1 aliphatic heterocycles. The molecule has 0 saturated carbocycles. The van der Waals surface area contributed by atoms with E-state index in [1.54, 1.807) is 12.1 Å². The quantitative estimate of drug-likeness (QED) is 0.727. The van der Waals surface area contributed by atoms with E-state index in [-0.39, 0.29) is 0 Å². The molecular formula is C11H11ClO3. The standard InChI is InChI=1S/C11H11ClO3/c1-14-10-6-9-7(3-2-4-15-9)5-8(10)11(12)13/h5-6H,2-4H2,1H3. The molecule has 1 heterocycles. The maximum atomic E-state index is 11.2. The van der Waals surface area contributed by atoms with Crippen LogP contribution in [0.5, 0.6) is 11.5 Å². The van der Waals surface area contributed by atoms with E-state index in [0.29, 0.717) is 17.9 Å². The lowest BCUT2D eigenvalue weighted by atomic mass is 10.0. The Kier molecular flexibility index (Phi) is 2.82. The minimum Gasteiger partial charge on any atom is -0.496 e. The molecule has 0 fully saturated rings. The third-order valence-corrected chi connectivity index (χ3v) is 2.65. The topological polar surface area (TPSA) is 35.5 Å². The molecular weight excluding hydrogens is 216 g/mol. The van der Waals surface area contributed by atoms with Crippen LogP contribution in [0.25, 0.3) is 0 Å². The van der Waals surface area contributed by atoms with E-state index in [1.165, 1.54) is 7.11 Å². The first-order valence-corrected chi connectivity index (χ1v) is 5.13. The van der Waals surface area contributed by atoms with E-state index in [0.717, 1.165) is 24.2 Å². The van der Waals surface area contributed by atoms with Crippen molar-refractivity contribution >= 4 is 16.8 Å². The second-order valence-corrected chi connectivity index (χ2v) is 3.73. The average molecular weight is 227 g/mol. The smallest absolute Gasteiger partial charge is 0.256 e. The van der Waals surface area contributed by atoms with E-state index in [4.69, 9.17) is 21.1 Å². The molecule has 0 aromatic heterocycles. The summed E-state index contributed by atoms with van der Waals surface area (Å²) < 4.78 is 10.6. The second-order valence-electron chi connectivity index (χ2n) is 3.39. The SMILES string of the molecule is COc1cc2c(cc1C(=O)Cl)CCCO2. The van der Waals surface area contributed by atoms with Crippen molar-refractivity contribution in [2.75, 3.05) is 13.7 Å². The van der Waals surface area contributed by atoms with Crippen molar-refractivity contribution in [2.24, 2.45) is 0 Å². The molecule has 0 amide bonds. The summed E-state index contributed by atoms with van der Waals surface area (Å²) in [6, 6.07) is 3.48. The number of carbonyl (C=O) groups is 1. The number of rotatable bonds is 2. The Hall–Kier alpha value is -1.22. The number of hydrogen-bond donors (Lipinski definition) is 0. The number of benzene rings is 1. The summed E-state index contributed by atoms with van der Waals surface area (Å²) in [6.45, 7) is 0.713. The van der Waals surface area contributed by atoms with Crippen molar-refractivity contribution in [3.05, 3.63) is 23.3 Å². The van der Waals surface area contributed by atoms with Crippen molar-refractivity contribution < 1.29 is 14.3 Å². The Morgan fingerprint density at radius 3 is 3.00 bits per heavy atom. The Labute approximate surface area is 92.9 Å². The number of fused-ring (bicyclic) bond motifs is 1. The van der Waals surface area contributed by atoms with Crippen molar-refractivity contribution in [2.45, 2.75) is 12.8 Å². The van der Waals surface area contributed by atoms with Crippen LogP contribution >= 0.6 is 11.6 Å². The summed E-state index contributed by atoms with van der Waals surface area (Å²) in [5.74, 6) is 1.26. The molecule has 80 valence electrons. The molecule has 3 nitrogen and oxygen atoms in total. The highest BCUT2D eigenvalue weighted by Crippen LogP contribution is 2.33. The van der Waals surface area contributed by atoms with Gasteiger partial charge in [0, 0.05) is 6.07 Å². The van der Waals surface area contributed by atoms with Crippen LogP contribution in [-0.4, -0.2) is 19.0 Å². The van der Waals surface area contributed by atoms with Crippen LogP contribution in [0.4, 0.5) is 0 Å². The summed E-state index contributed by atoms with van der Waals surface area (Å²) in [6.07, 6.45) is 1.88. The van der Waals surface area contributed by atoms with Gasteiger partial charge in [-0.15, -0.1) is 0 Å². The Bertz CT molecular complexity index is 401. The molecule has 2 rings (SSSR count). The predicted molar refractivity (Wildman–Crippen MR) is 57.0 cm³/mol. The van der Waals surface area contributed by atoms with Crippen molar-refractivity contribution in [1.29, 1.82) is 0 Å². The first-order valence-electron chi connectivity index (χ1n) is 4.76. The Morgan fingerprint density at radius 1 is 1.53 bits per heavy atom. The molecule has 4 heteroatoms. The normalized spacial score (nSPS) is 14.0. The van der Waals surface area contributed by atoms with Gasteiger partial charge in [-0.3, -0.25) is 4.79 Å². The number of halogens is 1. The lowest BCUT2D eigenvalue weighted by Crippen LogP contribution is -2.10. The van der Waals surface area contributed by atoms with Gasteiger partial charge >= 0.3 is 0 Å². The van der Waals surface area contributed by atoms with E-state index >= 15 is 0 Å². The molecule has 0 radical (unpaired) electrons. The fourth-order valence-corrected chi connectivity index (χ4v) is 1.85. The molecule has 0 aliphatic carbocycles. The molecule has 0 unspecified atom stereocenters. The van der Waals surface area contributed by atoms with E-state index in [2.05, 4.69) is 0 Å². The fraction of sp³-hybridized carbons (Fsp3) is 0.364. The first-order chi connectivity index (χ1) is 7.22. The van der Waals surface area contributed by atoms with Gasteiger partial charge in [-0.05, 0) is 36.1 Å². The van der Waals surface area contributed by atoms with Crippen LogP contribution in [0.3, 0.4) is 0 Å². The number of aryl methyl sites for hydroxylation is 1. The largest absolute Gasteiger partial charge is 0.496 e. The summed E-state index contributed by atoms with van der Waals surface area (Å²) in [7, 11) is 1.51.